The van der Waals surface area contributed by atoms with Crippen LogP contribution >= 0.6 is 31.7 Å². The number of hydrogen-bond acceptors (Lipinski definition) is 4. The quantitative estimate of drug-likeness (QED) is 0.197. The Hall–Kier alpha value is -0.698. The summed E-state index contributed by atoms with van der Waals surface area (Å²) >= 11 is 2.87. The summed E-state index contributed by atoms with van der Waals surface area (Å²) in [5.74, 6) is 0.0702. The molecule has 20 heavy (non-hydrogen) atoms. The van der Waals surface area contributed by atoms with Gasteiger partial charge in [0.05, 0.1) is 7.11 Å². The highest BCUT2D eigenvalue weighted by Crippen LogP contribution is 2.26. The number of benzene rings is 1. The van der Waals surface area contributed by atoms with Crippen LogP contribution in [0.5, 0.6) is 5.75 Å². The van der Waals surface area contributed by atoms with E-state index in [1.54, 1.807) is 24.3 Å². The van der Waals surface area contributed by atoms with Gasteiger partial charge in [0, 0.05) is 5.56 Å². The third kappa shape index (κ3) is 4.69. The van der Waals surface area contributed by atoms with E-state index in [9.17, 15) is 9.59 Å². The smallest absolute Gasteiger partial charge is 0.619 e. The van der Waals surface area contributed by atoms with Gasteiger partial charge in [0.1, 0.15) is 17.1 Å². The van der Waals surface area contributed by atoms with Crippen molar-refractivity contribution in [3.05, 3.63) is 35.4 Å². The fourth-order valence-corrected chi connectivity index (χ4v) is 2.68. The van der Waals surface area contributed by atoms with Crippen molar-refractivity contribution in [1.82, 2.24) is 0 Å². The third-order valence-electron chi connectivity index (χ3n) is 2.33. The highest BCUT2D eigenvalue weighted by molar-refractivity contribution is 7.31. The second-order valence-electron chi connectivity index (χ2n) is 3.64. The minimum absolute atomic E-state index is 0.0122. The van der Waals surface area contributed by atoms with Gasteiger partial charge >= 0.3 is 12.6 Å². The van der Waals surface area contributed by atoms with Crippen molar-refractivity contribution in [1.29, 1.82) is 0 Å². The maximum Gasteiger partial charge on any atom is 0.815 e. The predicted molar refractivity (Wildman–Crippen MR) is 80.0 cm³/mol. The lowest BCUT2D eigenvalue weighted by Crippen LogP contribution is -2.12. The molecule has 1 rings (SSSR count). The van der Waals surface area contributed by atoms with E-state index in [4.69, 9.17) is 40.2 Å². The highest BCUT2D eigenvalue weighted by atomic mass is 35.7. The number of ether oxygens (including phenoxy) is 1. The van der Waals surface area contributed by atoms with Crippen molar-refractivity contribution >= 4 is 61.1 Å². The first-order valence-corrected chi connectivity index (χ1v) is 9.75. The molecule has 0 aliphatic heterocycles. The van der Waals surface area contributed by atoms with E-state index in [0.29, 0.717) is 11.3 Å². The van der Waals surface area contributed by atoms with Crippen LogP contribution in [-0.2, 0) is 13.4 Å². The van der Waals surface area contributed by atoms with Gasteiger partial charge in [0.2, 0.25) is 0 Å². The van der Waals surface area contributed by atoms with E-state index in [0.717, 1.165) is 0 Å². The molecular formula is C12H10AlCl3O4. The zero-order valence-electron chi connectivity index (χ0n) is 10.7. The van der Waals surface area contributed by atoms with E-state index in [1.807, 2.05) is 0 Å². The van der Waals surface area contributed by atoms with Crippen molar-refractivity contribution in [3.63, 3.8) is 0 Å². The normalized spacial score (nSPS) is 11.4. The molecule has 1 aromatic carbocycles. The molecule has 4 nitrogen and oxygen atoms in total. The molecule has 0 saturated carbocycles. The van der Waals surface area contributed by atoms with Gasteiger partial charge in [-0.15, -0.1) is 0 Å². The third-order valence-corrected chi connectivity index (χ3v) is 3.47. The molecule has 0 spiro atoms. The fourth-order valence-electron chi connectivity index (χ4n) is 1.49. The fraction of sp³-hybridized carbons (Fsp3) is 0.167. The second kappa shape index (κ2) is 7.92. The second-order valence-corrected chi connectivity index (χ2v) is 7.79. The lowest BCUT2D eigenvalue weighted by Gasteiger charge is -2.14. The van der Waals surface area contributed by atoms with Crippen molar-refractivity contribution in [2.45, 2.75) is 6.92 Å². The monoisotopic (exact) mass is 350 g/mol. The number of hydrogen-bond donors (Lipinski definition) is 0. The zero-order valence-corrected chi connectivity index (χ0v) is 14.1. The maximum absolute atomic E-state index is 11.6. The summed E-state index contributed by atoms with van der Waals surface area (Å²) in [5.41, 5.74) is 0.180. The van der Waals surface area contributed by atoms with Crippen LogP contribution in [0.2, 0.25) is 0 Å². The number of rotatable bonds is 6. The summed E-state index contributed by atoms with van der Waals surface area (Å²) in [4.78, 5) is 23.0. The van der Waals surface area contributed by atoms with Crippen molar-refractivity contribution in [3.8, 4) is 5.75 Å². The Kier molecular flexibility index (Phi) is 6.87. The molecule has 0 N–H and O–H groups in total. The van der Waals surface area contributed by atoms with Crippen molar-refractivity contribution in [2.24, 2.45) is 0 Å². The zero-order chi connectivity index (χ0) is 15.3. The lowest BCUT2D eigenvalue weighted by atomic mass is 10.1. The topological polar surface area (TPSA) is 52.6 Å². The van der Waals surface area contributed by atoms with Crippen LogP contribution in [0, 0.1) is 0 Å². The van der Waals surface area contributed by atoms with Crippen LogP contribution in [0.25, 0.3) is 5.76 Å². The molecular weight excluding hydrogens is 341 g/mol. The SMILES string of the molecule is COc1ccc(/C([O][Al]([Cl])[Cl])=C(/C(C)=O)C(=O)Cl)cc1. The standard InChI is InChI=1S/C12H11ClO4.Al.2ClH/c1-7(14)10(12(13)16)11(15)8-3-5-9(17-2)6-4-8;;;/h3-6,15H,1-2H3;;2*1H/q;+3;;/p-3/b11-10+;;;. The number of methoxy groups -OCH3 is 1. The predicted octanol–water partition coefficient (Wildman–Crippen LogP) is 3.24. The molecule has 1 aromatic rings. The summed E-state index contributed by atoms with van der Waals surface area (Å²) in [6.45, 7) is 1.21. The average Bonchev–Trinajstić information content (AvgIpc) is 2.36. The number of carbonyl (C=O) groups excluding carboxylic acids is 2. The number of halogens is 3. The van der Waals surface area contributed by atoms with E-state index in [2.05, 4.69) is 0 Å². The first kappa shape index (κ1) is 17.4. The molecule has 0 saturated heterocycles. The summed E-state index contributed by atoms with van der Waals surface area (Å²) < 4.78 is 10.3. The molecule has 0 aromatic heterocycles. The largest absolute Gasteiger partial charge is 0.815 e. The first-order valence-electron chi connectivity index (χ1n) is 5.41. The molecule has 0 atom stereocenters. The van der Waals surface area contributed by atoms with Gasteiger partial charge in [-0.1, -0.05) is 0 Å². The van der Waals surface area contributed by atoms with E-state index < -0.39 is 23.7 Å². The van der Waals surface area contributed by atoms with Gasteiger partial charge in [-0.2, -0.15) is 20.1 Å². The number of ketones is 1. The van der Waals surface area contributed by atoms with Crippen molar-refractivity contribution < 1.29 is 18.1 Å². The van der Waals surface area contributed by atoms with Crippen LogP contribution in [0.15, 0.2) is 29.8 Å². The molecule has 0 bridgehead atoms. The van der Waals surface area contributed by atoms with Gasteiger partial charge in [-0.3, -0.25) is 9.59 Å². The molecule has 0 aliphatic rings. The maximum atomic E-state index is 11.6. The van der Waals surface area contributed by atoms with E-state index >= 15 is 0 Å². The minimum Gasteiger partial charge on any atom is -0.619 e. The molecule has 0 fully saturated rings. The molecule has 0 heterocycles. The summed E-state index contributed by atoms with van der Waals surface area (Å²) in [6.07, 6.45) is 0. The van der Waals surface area contributed by atoms with Gasteiger partial charge in [0.15, 0.2) is 5.78 Å². The Labute approximate surface area is 134 Å². The number of carbonyl (C=O) groups is 2. The van der Waals surface area contributed by atoms with E-state index in [-0.39, 0.29) is 11.3 Å². The van der Waals surface area contributed by atoms with Crippen LogP contribution in [0.3, 0.4) is 0 Å². The molecule has 0 radical (unpaired) electrons. The lowest BCUT2D eigenvalue weighted by molar-refractivity contribution is -0.117. The Morgan fingerprint density at radius 2 is 1.70 bits per heavy atom. The summed E-state index contributed by atoms with van der Waals surface area (Å²) in [7, 11) is 12.9. The minimum atomic E-state index is -2.56. The van der Waals surface area contributed by atoms with Crippen LogP contribution < -0.4 is 4.74 Å². The van der Waals surface area contributed by atoms with Gasteiger partial charge in [-0.25, -0.2) is 0 Å². The van der Waals surface area contributed by atoms with Gasteiger partial charge in [-0.05, 0) is 42.8 Å². The van der Waals surface area contributed by atoms with Crippen LogP contribution in [-0.4, -0.2) is 30.8 Å². The van der Waals surface area contributed by atoms with Crippen molar-refractivity contribution in [2.75, 3.05) is 7.11 Å². The van der Waals surface area contributed by atoms with Crippen LogP contribution in [0.4, 0.5) is 0 Å². The first-order chi connectivity index (χ1) is 9.36. The number of Topliss-reactive ketones (excluding diaryl/α,β-unsaturated/α-hetero) is 1. The Balaban J connectivity index is 3.39. The van der Waals surface area contributed by atoms with Crippen LogP contribution in [0.1, 0.15) is 12.5 Å². The molecule has 0 amide bonds. The molecule has 8 heteroatoms. The Morgan fingerprint density at radius 1 is 1.15 bits per heavy atom. The highest BCUT2D eigenvalue weighted by Gasteiger charge is 2.26. The van der Waals surface area contributed by atoms with E-state index in [1.165, 1.54) is 14.0 Å². The Morgan fingerprint density at radius 3 is 2.05 bits per heavy atom. The Bertz CT molecular complexity index is 524. The summed E-state index contributed by atoms with van der Waals surface area (Å²) in [5, 5.41) is -0.925. The number of allylic oxidation sites excluding steroid dienone is 1. The van der Waals surface area contributed by atoms with Gasteiger partial charge in [0.25, 0.3) is 5.24 Å². The molecule has 106 valence electrons. The average molecular weight is 352 g/mol. The van der Waals surface area contributed by atoms with Gasteiger partial charge < -0.3 is 8.53 Å². The molecule has 0 aliphatic carbocycles. The summed E-state index contributed by atoms with van der Waals surface area (Å²) in [6, 6.07) is 6.52. The molecule has 0 unspecified atom stereocenters.